The number of methoxy groups -OCH3 is 1. The zero-order valence-electron chi connectivity index (χ0n) is 8.91. The molecule has 6 heteroatoms. The summed E-state index contributed by atoms with van der Waals surface area (Å²) >= 11 is 5.70. The van der Waals surface area contributed by atoms with Crippen LogP contribution in [-0.2, 0) is 4.74 Å². The number of hydrogen-bond donors (Lipinski definition) is 1. The quantitative estimate of drug-likeness (QED) is 0.640. The largest absolute Gasteiger partial charge is 0.465 e. The Bertz CT molecular complexity index is 421. The van der Waals surface area contributed by atoms with Crippen LogP contribution in [0.25, 0.3) is 0 Å². The van der Waals surface area contributed by atoms with Gasteiger partial charge in [-0.2, -0.15) is 0 Å². The van der Waals surface area contributed by atoms with Gasteiger partial charge in [0, 0.05) is 6.54 Å². The summed E-state index contributed by atoms with van der Waals surface area (Å²) in [6, 6.07) is 2.68. The summed E-state index contributed by atoms with van der Waals surface area (Å²) in [5.74, 6) is -0.940. The molecular weight excluding hydrogens is 232 g/mol. The molecule has 0 saturated heterocycles. The van der Waals surface area contributed by atoms with Gasteiger partial charge < -0.3 is 10.1 Å². The number of pyridine rings is 1. The number of ether oxygens (including phenoxy) is 1. The fourth-order valence-corrected chi connectivity index (χ4v) is 1.31. The predicted octanol–water partition coefficient (Wildman–Crippen LogP) is 1.27. The van der Waals surface area contributed by atoms with Crippen LogP contribution in [0.3, 0.4) is 0 Å². The average molecular weight is 243 g/mol. The number of nitrogens with zero attached hydrogens (tertiary/aromatic N) is 1. The van der Waals surface area contributed by atoms with E-state index in [1.54, 1.807) is 6.92 Å². The van der Waals surface area contributed by atoms with E-state index in [2.05, 4.69) is 15.0 Å². The maximum absolute atomic E-state index is 11.5. The topological polar surface area (TPSA) is 68.3 Å². The SMILES string of the molecule is CCNC(=O)c1cc(C(=O)OC)cc(Cl)n1. The molecule has 0 atom stereocenters. The summed E-state index contributed by atoms with van der Waals surface area (Å²) < 4.78 is 4.53. The monoisotopic (exact) mass is 242 g/mol. The predicted molar refractivity (Wildman–Crippen MR) is 58.6 cm³/mol. The molecule has 1 aromatic rings. The highest BCUT2D eigenvalue weighted by molar-refractivity contribution is 6.30. The Morgan fingerprint density at radius 2 is 2.19 bits per heavy atom. The van der Waals surface area contributed by atoms with E-state index in [4.69, 9.17) is 11.6 Å². The number of esters is 1. The first kappa shape index (κ1) is 12.4. The molecule has 5 nitrogen and oxygen atoms in total. The normalized spacial score (nSPS) is 9.69. The number of halogens is 1. The van der Waals surface area contributed by atoms with Gasteiger partial charge in [0.2, 0.25) is 0 Å². The molecule has 0 unspecified atom stereocenters. The molecule has 1 amide bonds. The molecule has 0 spiro atoms. The maximum Gasteiger partial charge on any atom is 0.338 e. The highest BCUT2D eigenvalue weighted by Gasteiger charge is 2.13. The number of rotatable bonds is 3. The summed E-state index contributed by atoms with van der Waals surface area (Å²) in [5, 5.41) is 2.63. The van der Waals surface area contributed by atoms with Gasteiger partial charge in [-0.15, -0.1) is 0 Å². The molecule has 0 bridgehead atoms. The molecule has 0 aliphatic rings. The van der Waals surface area contributed by atoms with Crippen molar-refractivity contribution in [2.45, 2.75) is 6.92 Å². The van der Waals surface area contributed by atoms with Crippen molar-refractivity contribution in [1.29, 1.82) is 0 Å². The van der Waals surface area contributed by atoms with E-state index in [1.165, 1.54) is 19.2 Å². The number of hydrogen-bond acceptors (Lipinski definition) is 4. The van der Waals surface area contributed by atoms with Crippen LogP contribution < -0.4 is 5.32 Å². The van der Waals surface area contributed by atoms with Crippen molar-refractivity contribution in [3.8, 4) is 0 Å². The van der Waals surface area contributed by atoms with E-state index in [0.29, 0.717) is 6.54 Å². The third-order valence-corrected chi connectivity index (χ3v) is 1.98. The number of aromatic nitrogens is 1. The van der Waals surface area contributed by atoms with Crippen LogP contribution in [0.15, 0.2) is 12.1 Å². The Hall–Kier alpha value is -1.62. The third kappa shape index (κ3) is 2.93. The van der Waals surface area contributed by atoms with Crippen LogP contribution in [0.4, 0.5) is 0 Å². The molecule has 0 aromatic carbocycles. The van der Waals surface area contributed by atoms with Gasteiger partial charge in [-0.1, -0.05) is 11.6 Å². The molecule has 0 fully saturated rings. The Kier molecular flexibility index (Phi) is 4.25. The lowest BCUT2D eigenvalue weighted by molar-refractivity contribution is 0.0600. The first-order valence-corrected chi connectivity index (χ1v) is 5.00. The molecule has 0 aliphatic heterocycles. The second kappa shape index (κ2) is 5.46. The molecule has 86 valence electrons. The third-order valence-electron chi connectivity index (χ3n) is 1.79. The number of carbonyl (C=O) groups is 2. The van der Waals surface area contributed by atoms with Crippen LogP contribution in [-0.4, -0.2) is 30.5 Å². The molecule has 16 heavy (non-hydrogen) atoms. The zero-order valence-corrected chi connectivity index (χ0v) is 9.67. The summed E-state index contributed by atoms with van der Waals surface area (Å²) in [4.78, 5) is 26.5. The fraction of sp³-hybridized carbons (Fsp3) is 0.300. The van der Waals surface area contributed by atoms with E-state index in [-0.39, 0.29) is 22.3 Å². The Morgan fingerprint density at radius 3 is 2.75 bits per heavy atom. The number of amides is 1. The Morgan fingerprint density at radius 1 is 1.50 bits per heavy atom. The van der Waals surface area contributed by atoms with Crippen LogP contribution in [0.5, 0.6) is 0 Å². The zero-order chi connectivity index (χ0) is 12.1. The van der Waals surface area contributed by atoms with Gasteiger partial charge in [0.25, 0.3) is 5.91 Å². The summed E-state index contributed by atoms with van der Waals surface area (Å²) in [7, 11) is 1.25. The highest BCUT2D eigenvalue weighted by atomic mass is 35.5. The van der Waals surface area contributed by atoms with Crippen molar-refractivity contribution in [3.05, 3.63) is 28.5 Å². The minimum atomic E-state index is -0.560. The second-order valence-corrected chi connectivity index (χ2v) is 3.30. The van der Waals surface area contributed by atoms with Gasteiger partial charge >= 0.3 is 5.97 Å². The van der Waals surface area contributed by atoms with Crippen molar-refractivity contribution >= 4 is 23.5 Å². The van der Waals surface area contributed by atoms with Gasteiger partial charge in [-0.3, -0.25) is 4.79 Å². The maximum atomic E-state index is 11.5. The summed E-state index contributed by atoms with van der Waals surface area (Å²) in [6.45, 7) is 2.25. The van der Waals surface area contributed by atoms with E-state index in [1.807, 2.05) is 0 Å². The minimum Gasteiger partial charge on any atom is -0.465 e. The van der Waals surface area contributed by atoms with Crippen LogP contribution >= 0.6 is 11.6 Å². The first-order valence-electron chi connectivity index (χ1n) is 4.62. The number of carbonyl (C=O) groups excluding carboxylic acids is 2. The Labute approximate surface area is 97.8 Å². The minimum absolute atomic E-state index is 0.0733. The molecule has 0 aliphatic carbocycles. The molecular formula is C10H11ClN2O3. The molecule has 1 rings (SSSR count). The lowest BCUT2D eigenvalue weighted by Crippen LogP contribution is -2.24. The molecule has 0 radical (unpaired) electrons. The van der Waals surface area contributed by atoms with E-state index in [0.717, 1.165) is 0 Å². The molecule has 1 aromatic heterocycles. The fourth-order valence-electron chi connectivity index (χ4n) is 1.10. The van der Waals surface area contributed by atoms with Crippen molar-refractivity contribution in [2.24, 2.45) is 0 Å². The van der Waals surface area contributed by atoms with Crippen molar-refractivity contribution in [1.82, 2.24) is 10.3 Å². The first-order chi connectivity index (χ1) is 7.58. The van der Waals surface area contributed by atoms with Crippen molar-refractivity contribution in [3.63, 3.8) is 0 Å². The standard InChI is InChI=1S/C10H11ClN2O3/c1-3-12-9(14)7-4-6(10(15)16-2)5-8(11)13-7/h4-5H,3H2,1-2H3,(H,12,14). The van der Waals surface area contributed by atoms with Gasteiger partial charge in [0.15, 0.2) is 0 Å². The van der Waals surface area contributed by atoms with Crippen LogP contribution in [0.2, 0.25) is 5.15 Å². The van der Waals surface area contributed by atoms with Crippen LogP contribution in [0.1, 0.15) is 27.8 Å². The molecule has 1 N–H and O–H groups in total. The van der Waals surface area contributed by atoms with E-state index < -0.39 is 5.97 Å². The lowest BCUT2D eigenvalue weighted by atomic mass is 10.2. The van der Waals surface area contributed by atoms with Crippen LogP contribution in [0, 0.1) is 0 Å². The van der Waals surface area contributed by atoms with Crippen molar-refractivity contribution < 1.29 is 14.3 Å². The molecule has 0 saturated carbocycles. The smallest absolute Gasteiger partial charge is 0.338 e. The number of nitrogens with one attached hydrogen (secondary N) is 1. The van der Waals surface area contributed by atoms with Gasteiger partial charge in [0.1, 0.15) is 10.8 Å². The van der Waals surface area contributed by atoms with Gasteiger partial charge in [-0.05, 0) is 19.1 Å². The second-order valence-electron chi connectivity index (χ2n) is 2.91. The summed E-state index contributed by atoms with van der Waals surface area (Å²) in [6.07, 6.45) is 0. The van der Waals surface area contributed by atoms with Crippen molar-refractivity contribution in [2.75, 3.05) is 13.7 Å². The molecule has 1 heterocycles. The Balaban J connectivity index is 3.07. The highest BCUT2D eigenvalue weighted by Crippen LogP contribution is 2.11. The van der Waals surface area contributed by atoms with E-state index in [9.17, 15) is 9.59 Å². The summed E-state index contributed by atoms with van der Waals surface area (Å²) in [5.41, 5.74) is 0.290. The average Bonchev–Trinajstić information content (AvgIpc) is 2.27. The van der Waals surface area contributed by atoms with Gasteiger partial charge in [-0.25, -0.2) is 9.78 Å². The van der Waals surface area contributed by atoms with E-state index >= 15 is 0 Å². The van der Waals surface area contributed by atoms with Gasteiger partial charge in [0.05, 0.1) is 12.7 Å². The lowest BCUT2D eigenvalue weighted by Gasteiger charge is -2.04.